The van der Waals surface area contributed by atoms with E-state index in [2.05, 4.69) is 4.98 Å². The van der Waals surface area contributed by atoms with Gasteiger partial charge in [0.15, 0.2) is 0 Å². The zero-order valence-electron chi connectivity index (χ0n) is 14.4. The van der Waals surface area contributed by atoms with Gasteiger partial charge in [-0.1, -0.05) is 18.2 Å². The Hall–Kier alpha value is -1.81. The van der Waals surface area contributed by atoms with Crippen molar-refractivity contribution in [3.63, 3.8) is 0 Å². The zero-order chi connectivity index (χ0) is 18.9. The summed E-state index contributed by atoms with van der Waals surface area (Å²) in [6.07, 6.45) is 1.28. The van der Waals surface area contributed by atoms with Gasteiger partial charge in [0, 0.05) is 13.1 Å². The average molecular weight is 423 g/mol. The molecule has 0 N–H and O–H groups in total. The number of sulfonamides is 1. The van der Waals surface area contributed by atoms with Gasteiger partial charge in [0.05, 0.1) is 16.1 Å². The molecule has 1 aromatic carbocycles. The molecule has 142 valence electrons. The molecule has 1 fully saturated rings. The highest BCUT2D eigenvalue weighted by Crippen LogP contribution is 2.27. The van der Waals surface area contributed by atoms with Crippen LogP contribution in [0, 0.1) is 5.92 Å². The van der Waals surface area contributed by atoms with E-state index in [1.165, 1.54) is 27.0 Å². The van der Waals surface area contributed by atoms with E-state index in [4.69, 9.17) is 4.74 Å². The van der Waals surface area contributed by atoms with E-state index < -0.39 is 15.9 Å². The van der Waals surface area contributed by atoms with Crippen LogP contribution in [0.5, 0.6) is 0 Å². The molecule has 3 heterocycles. The smallest absolute Gasteiger partial charge is 0.310 e. The zero-order valence-corrected chi connectivity index (χ0v) is 16.9. The second kappa shape index (κ2) is 7.67. The minimum atomic E-state index is -3.54. The summed E-state index contributed by atoms with van der Waals surface area (Å²) in [6.45, 7) is 0.715. The minimum absolute atomic E-state index is 0.117. The van der Waals surface area contributed by atoms with E-state index >= 15 is 0 Å². The summed E-state index contributed by atoms with van der Waals surface area (Å²) in [5.74, 6) is -0.803. The fourth-order valence-corrected chi connectivity index (χ4v) is 6.67. The third kappa shape index (κ3) is 3.91. The summed E-state index contributed by atoms with van der Waals surface area (Å²) in [5.41, 5.74) is 0.888. The number of fused-ring (bicyclic) bond motifs is 1. The topological polar surface area (TPSA) is 76.6 Å². The van der Waals surface area contributed by atoms with Gasteiger partial charge in [-0.25, -0.2) is 13.4 Å². The van der Waals surface area contributed by atoms with Crippen molar-refractivity contribution in [3.05, 3.63) is 46.8 Å². The first-order valence-corrected chi connectivity index (χ1v) is 11.7. The quantitative estimate of drug-likeness (QED) is 0.588. The molecular formula is C18H18N2O4S3. The van der Waals surface area contributed by atoms with Crippen LogP contribution in [0.25, 0.3) is 10.2 Å². The molecule has 6 nitrogen and oxygen atoms in total. The number of esters is 1. The van der Waals surface area contributed by atoms with Gasteiger partial charge in [-0.15, -0.1) is 22.7 Å². The number of thiazole rings is 1. The van der Waals surface area contributed by atoms with Crippen LogP contribution in [0.3, 0.4) is 0 Å². The Morgan fingerprint density at radius 3 is 2.89 bits per heavy atom. The summed E-state index contributed by atoms with van der Waals surface area (Å²) in [7, 11) is -3.54. The van der Waals surface area contributed by atoms with E-state index in [-0.39, 0.29) is 19.1 Å². The first kappa shape index (κ1) is 18.5. The molecule has 1 aliphatic rings. The number of benzene rings is 1. The molecule has 3 aromatic rings. The van der Waals surface area contributed by atoms with Gasteiger partial charge in [-0.2, -0.15) is 4.31 Å². The lowest BCUT2D eigenvalue weighted by Crippen LogP contribution is -2.42. The third-order valence-electron chi connectivity index (χ3n) is 4.48. The van der Waals surface area contributed by atoms with Crippen molar-refractivity contribution >= 4 is 48.9 Å². The Kier molecular flexibility index (Phi) is 5.27. The molecular weight excluding hydrogens is 404 g/mol. The monoisotopic (exact) mass is 422 g/mol. The van der Waals surface area contributed by atoms with Crippen LogP contribution in [0.15, 0.2) is 46.0 Å². The number of rotatable bonds is 5. The molecule has 0 unspecified atom stereocenters. The Bertz CT molecular complexity index is 1010. The van der Waals surface area contributed by atoms with Crippen LogP contribution < -0.4 is 0 Å². The van der Waals surface area contributed by atoms with Crippen LogP contribution in [-0.4, -0.2) is 36.8 Å². The first-order valence-electron chi connectivity index (χ1n) is 8.59. The summed E-state index contributed by atoms with van der Waals surface area (Å²) in [5, 5.41) is 2.48. The fraction of sp³-hybridized carbons (Fsp3) is 0.333. The molecule has 1 atom stereocenters. The molecule has 9 heteroatoms. The number of thiophene rings is 1. The van der Waals surface area contributed by atoms with E-state index in [0.29, 0.717) is 23.6 Å². The van der Waals surface area contributed by atoms with E-state index in [9.17, 15) is 13.2 Å². The molecule has 1 aliphatic heterocycles. The number of hydrogen-bond acceptors (Lipinski definition) is 7. The van der Waals surface area contributed by atoms with Gasteiger partial charge >= 0.3 is 5.97 Å². The summed E-state index contributed by atoms with van der Waals surface area (Å²) < 4.78 is 33.5. The van der Waals surface area contributed by atoms with Gasteiger partial charge in [-0.05, 0) is 36.4 Å². The number of nitrogens with zero attached hydrogens (tertiary/aromatic N) is 2. The Balaban J connectivity index is 1.40. The van der Waals surface area contributed by atoms with Crippen LogP contribution in [0.2, 0.25) is 0 Å². The maximum atomic E-state index is 12.7. The molecule has 0 amide bonds. The number of piperidine rings is 1. The van der Waals surface area contributed by atoms with E-state index in [1.54, 1.807) is 17.5 Å². The standard InChI is InChI=1S/C18H18N2O4S3/c21-18(24-12-16-19-14-6-1-2-7-15(14)26-16)13-5-3-9-20(11-13)27(22,23)17-8-4-10-25-17/h1-2,4,6-8,10,13H,3,5,9,11-12H2/t13-/m1/s1. The van der Waals surface area contributed by atoms with E-state index in [0.717, 1.165) is 15.2 Å². The van der Waals surface area contributed by atoms with Gasteiger partial charge in [0.1, 0.15) is 15.8 Å². The number of carbonyl (C=O) groups is 1. The third-order valence-corrected chi connectivity index (χ3v) is 8.73. The summed E-state index contributed by atoms with van der Waals surface area (Å²) in [6, 6.07) is 11.1. The number of carbonyl (C=O) groups excluding carboxylic acids is 1. The largest absolute Gasteiger partial charge is 0.458 e. The summed E-state index contributed by atoms with van der Waals surface area (Å²) in [4.78, 5) is 16.9. The van der Waals surface area contributed by atoms with Gasteiger partial charge in [0.25, 0.3) is 10.0 Å². The molecule has 1 saturated heterocycles. The van der Waals surface area contributed by atoms with E-state index in [1.807, 2.05) is 24.3 Å². The van der Waals surface area contributed by atoms with Crippen LogP contribution in [-0.2, 0) is 26.2 Å². The molecule has 4 rings (SSSR count). The Morgan fingerprint density at radius 1 is 1.26 bits per heavy atom. The lowest BCUT2D eigenvalue weighted by Gasteiger charge is -2.30. The Morgan fingerprint density at radius 2 is 2.11 bits per heavy atom. The number of hydrogen-bond donors (Lipinski definition) is 0. The van der Waals surface area contributed by atoms with Gasteiger partial charge in [-0.3, -0.25) is 4.79 Å². The highest BCUT2D eigenvalue weighted by Gasteiger charge is 2.34. The normalized spacial score (nSPS) is 18.6. The molecule has 0 bridgehead atoms. The van der Waals surface area contributed by atoms with Crippen LogP contribution in [0.1, 0.15) is 17.8 Å². The molecule has 0 radical (unpaired) electrons. The first-order chi connectivity index (χ1) is 13.0. The molecule has 0 spiro atoms. The molecule has 27 heavy (non-hydrogen) atoms. The van der Waals surface area contributed by atoms with Crippen molar-refractivity contribution in [2.24, 2.45) is 5.92 Å². The lowest BCUT2D eigenvalue weighted by atomic mass is 10.0. The average Bonchev–Trinajstić information content (AvgIpc) is 3.36. The highest BCUT2D eigenvalue weighted by molar-refractivity contribution is 7.91. The molecule has 0 saturated carbocycles. The second-order valence-corrected chi connectivity index (χ2v) is 10.5. The molecule has 0 aliphatic carbocycles. The van der Waals surface area contributed by atoms with Gasteiger partial charge < -0.3 is 4.74 Å². The maximum Gasteiger partial charge on any atom is 0.310 e. The fourth-order valence-electron chi connectivity index (χ4n) is 3.12. The minimum Gasteiger partial charge on any atom is -0.458 e. The van der Waals surface area contributed by atoms with Crippen LogP contribution >= 0.6 is 22.7 Å². The van der Waals surface area contributed by atoms with Crippen LogP contribution in [0.4, 0.5) is 0 Å². The van der Waals surface area contributed by atoms with Crippen molar-refractivity contribution in [3.8, 4) is 0 Å². The number of aromatic nitrogens is 1. The number of para-hydroxylation sites is 1. The van der Waals surface area contributed by atoms with Crippen molar-refractivity contribution in [1.29, 1.82) is 0 Å². The number of ether oxygens (including phenoxy) is 1. The lowest BCUT2D eigenvalue weighted by molar-refractivity contribution is -0.151. The van der Waals surface area contributed by atoms with Crippen molar-refractivity contribution in [2.75, 3.05) is 13.1 Å². The molecule has 2 aromatic heterocycles. The van der Waals surface area contributed by atoms with Crippen molar-refractivity contribution in [1.82, 2.24) is 9.29 Å². The second-order valence-electron chi connectivity index (χ2n) is 6.32. The highest BCUT2D eigenvalue weighted by atomic mass is 32.2. The predicted molar refractivity (Wildman–Crippen MR) is 105 cm³/mol. The summed E-state index contributed by atoms with van der Waals surface area (Å²) >= 11 is 2.69. The predicted octanol–water partition coefficient (Wildman–Crippen LogP) is 3.50. The Labute approximate surface area is 165 Å². The maximum absolute atomic E-state index is 12.7. The SMILES string of the molecule is O=C(OCc1nc2ccccc2s1)[C@@H]1CCCN(S(=O)(=O)c2cccs2)C1. The van der Waals surface area contributed by atoms with Crippen molar-refractivity contribution in [2.45, 2.75) is 23.7 Å². The van der Waals surface area contributed by atoms with Crippen molar-refractivity contribution < 1.29 is 17.9 Å². The van der Waals surface area contributed by atoms with Gasteiger partial charge in [0.2, 0.25) is 0 Å².